The highest BCUT2D eigenvalue weighted by Crippen LogP contribution is 2.11. The third-order valence-corrected chi connectivity index (χ3v) is 3.89. The van der Waals surface area contributed by atoms with Gasteiger partial charge in [0.1, 0.15) is 5.75 Å². The number of hydrogen-bond donors (Lipinski definition) is 0. The Kier molecular flexibility index (Phi) is 4.92. The molecule has 0 bridgehead atoms. The van der Waals surface area contributed by atoms with E-state index in [4.69, 9.17) is 9.26 Å². The lowest BCUT2D eigenvalue weighted by Gasteiger charge is -2.34. The molecular formula is C17H21N3O3. The van der Waals surface area contributed by atoms with E-state index in [-0.39, 0.29) is 12.5 Å². The monoisotopic (exact) mass is 315 g/mol. The van der Waals surface area contributed by atoms with Crippen molar-refractivity contribution >= 4 is 5.91 Å². The number of aromatic nitrogens is 1. The summed E-state index contributed by atoms with van der Waals surface area (Å²) < 4.78 is 10.8. The van der Waals surface area contributed by atoms with Gasteiger partial charge in [0.15, 0.2) is 12.4 Å². The first-order chi connectivity index (χ1) is 11.2. The van der Waals surface area contributed by atoms with Gasteiger partial charge in [-0.2, -0.15) is 0 Å². The Bertz CT molecular complexity index is 634. The number of carbonyl (C=O) groups is 1. The number of aryl methyl sites for hydroxylation is 1. The van der Waals surface area contributed by atoms with Crippen LogP contribution in [0, 0.1) is 6.92 Å². The van der Waals surface area contributed by atoms with Crippen LogP contribution in [0.3, 0.4) is 0 Å². The van der Waals surface area contributed by atoms with E-state index in [1.54, 1.807) is 0 Å². The number of amides is 1. The van der Waals surface area contributed by atoms with Crippen LogP contribution < -0.4 is 4.74 Å². The van der Waals surface area contributed by atoms with Gasteiger partial charge in [-0.3, -0.25) is 9.69 Å². The zero-order chi connectivity index (χ0) is 16.1. The van der Waals surface area contributed by atoms with Gasteiger partial charge in [0, 0.05) is 32.2 Å². The van der Waals surface area contributed by atoms with Gasteiger partial charge in [0.05, 0.1) is 12.2 Å². The van der Waals surface area contributed by atoms with E-state index in [2.05, 4.69) is 10.1 Å². The molecule has 0 atom stereocenters. The fraction of sp³-hybridized carbons (Fsp3) is 0.412. The summed E-state index contributed by atoms with van der Waals surface area (Å²) in [7, 11) is 0. The Balaban J connectivity index is 1.42. The van der Waals surface area contributed by atoms with Gasteiger partial charge in [0.2, 0.25) is 0 Å². The lowest BCUT2D eigenvalue weighted by molar-refractivity contribution is -0.135. The van der Waals surface area contributed by atoms with Gasteiger partial charge < -0.3 is 14.2 Å². The molecular weight excluding hydrogens is 294 g/mol. The molecule has 1 aromatic carbocycles. The summed E-state index contributed by atoms with van der Waals surface area (Å²) in [5.74, 6) is 1.62. The van der Waals surface area contributed by atoms with Gasteiger partial charge >= 0.3 is 0 Å². The Hall–Kier alpha value is -2.34. The first-order valence-corrected chi connectivity index (χ1v) is 7.81. The summed E-state index contributed by atoms with van der Waals surface area (Å²) in [5, 5.41) is 3.90. The predicted octanol–water partition coefficient (Wildman–Crippen LogP) is 1.71. The predicted molar refractivity (Wildman–Crippen MR) is 85.0 cm³/mol. The number of nitrogens with zero attached hydrogens (tertiary/aromatic N) is 3. The average molecular weight is 315 g/mol. The maximum absolute atomic E-state index is 12.2. The maximum Gasteiger partial charge on any atom is 0.260 e. The van der Waals surface area contributed by atoms with Crippen LogP contribution in [0.2, 0.25) is 0 Å². The number of ether oxygens (including phenoxy) is 1. The molecule has 23 heavy (non-hydrogen) atoms. The lowest BCUT2D eigenvalue weighted by atomic mass is 10.3. The van der Waals surface area contributed by atoms with Crippen LogP contribution in [0.5, 0.6) is 5.75 Å². The maximum atomic E-state index is 12.2. The second-order valence-corrected chi connectivity index (χ2v) is 5.69. The molecule has 1 fully saturated rings. The van der Waals surface area contributed by atoms with Crippen molar-refractivity contribution in [2.24, 2.45) is 0 Å². The van der Waals surface area contributed by atoms with Gasteiger partial charge in [-0.15, -0.1) is 0 Å². The van der Waals surface area contributed by atoms with Gasteiger partial charge in [-0.25, -0.2) is 0 Å². The molecule has 0 unspecified atom stereocenters. The molecule has 1 aliphatic heterocycles. The van der Waals surface area contributed by atoms with Crippen LogP contribution in [0.25, 0.3) is 0 Å². The summed E-state index contributed by atoms with van der Waals surface area (Å²) in [6, 6.07) is 11.4. The van der Waals surface area contributed by atoms with Crippen LogP contribution in [0.1, 0.15) is 11.5 Å². The number of para-hydroxylation sites is 1. The van der Waals surface area contributed by atoms with Crippen molar-refractivity contribution in [3.05, 3.63) is 47.9 Å². The Labute approximate surface area is 135 Å². The molecule has 0 saturated carbocycles. The average Bonchev–Trinajstić information content (AvgIpc) is 2.99. The molecule has 1 saturated heterocycles. The van der Waals surface area contributed by atoms with E-state index in [1.165, 1.54) is 0 Å². The number of piperazine rings is 1. The van der Waals surface area contributed by atoms with Crippen molar-refractivity contribution in [3.8, 4) is 5.75 Å². The second kappa shape index (κ2) is 7.28. The summed E-state index contributed by atoms with van der Waals surface area (Å²) >= 11 is 0. The third-order valence-electron chi connectivity index (χ3n) is 3.89. The van der Waals surface area contributed by atoms with Crippen LogP contribution in [0.4, 0.5) is 0 Å². The first kappa shape index (κ1) is 15.6. The molecule has 0 radical (unpaired) electrons. The van der Waals surface area contributed by atoms with Gasteiger partial charge in [-0.1, -0.05) is 23.4 Å². The molecule has 122 valence electrons. The van der Waals surface area contributed by atoms with Crippen molar-refractivity contribution in [1.82, 2.24) is 15.0 Å². The number of hydrogen-bond acceptors (Lipinski definition) is 5. The lowest BCUT2D eigenvalue weighted by Crippen LogP contribution is -2.49. The number of benzene rings is 1. The highest BCUT2D eigenvalue weighted by Gasteiger charge is 2.22. The molecule has 1 aromatic heterocycles. The van der Waals surface area contributed by atoms with E-state index in [0.29, 0.717) is 13.1 Å². The molecule has 0 spiro atoms. The third kappa shape index (κ3) is 4.32. The van der Waals surface area contributed by atoms with Crippen molar-refractivity contribution in [3.63, 3.8) is 0 Å². The SMILES string of the molecule is Cc1cc(CN2CCN(C(=O)COc3ccccc3)CC2)on1. The summed E-state index contributed by atoms with van der Waals surface area (Å²) in [5.41, 5.74) is 0.895. The zero-order valence-corrected chi connectivity index (χ0v) is 13.3. The molecule has 2 heterocycles. The molecule has 0 N–H and O–H groups in total. The van der Waals surface area contributed by atoms with Crippen LogP contribution in [0.15, 0.2) is 40.9 Å². The minimum atomic E-state index is 0.0315. The number of carbonyl (C=O) groups excluding carboxylic acids is 1. The highest BCUT2D eigenvalue weighted by atomic mass is 16.5. The van der Waals surface area contributed by atoms with Crippen molar-refractivity contribution < 1.29 is 14.1 Å². The Morgan fingerprint density at radius 1 is 1.22 bits per heavy atom. The van der Waals surface area contributed by atoms with E-state index < -0.39 is 0 Å². The summed E-state index contributed by atoms with van der Waals surface area (Å²) in [4.78, 5) is 16.3. The van der Waals surface area contributed by atoms with E-state index >= 15 is 0 Å². The van der Waals surface area contributed by atoms with Gasteiger partial charge in [-0.05, 0) is 19.1 Å². The van der Waals surface area contributed by atoms with Crippen LogP contribution in [-0.2, 0) is 11.3 Å². The number of rotatable bonds is 5. The van der Waals surface area contributed by atoms with Crippen molar-refractivity contribution in [2.45, 2.75) is 13.5 Å². The van der Waals surface area contributed by atoms with E-state index in [9.17, 15) is 4.79 Å². The molecule has 6 nitrogen and oxygen atoms in total. The van der Waals surface area contributed by atoms with Crippen molar-refractivity contribution in [2.75, 3.05) is 32.8 Å². The fourth-order valence-corrected chi connectivity index (χ4v) is 2.62. The smallest absolute Gasteiger partial charge is 0.260 e. The molecule has 3 rings (SSSR count). The molecule has 2 aromatic rings. The van der Waals surface area contributed by atoms with E-state index in [0.717, 1.165) is 36.8 Å². The fourth-order valence-electron chi connectivity index (χ4n) is 2.62. The summed E-state index contributed by atoms with van der Waals surface area (Å²) in [6.45, 7) is 5.83. The normalized spacial score (nSPS) is 15.6. The van der Waals surface area contributed by atoms with Crippen molar-refractivity contribution in [1.29, 1.82) is 0 Å². The standard InChI is InChI=1S/C17H21N3O3/c1-14-11-16(23-18-14)12-19-7-9-20(10-8-19)17(21)13-22-15-5-3-2-4-6-15/h2-6,11H,7-10,12-13H2,1H3. The largest absolute Gasteiger partial charge is 0.484 e. The zero-order valence-electron chi connectivity index (χ0n) is 13.3. The molecule has 1 aliphatic rings. The molecule has 1 amide bonds. The quantitative estimate of drug-likeness (QED) is 0.840. The Morgan fingerprint density at radius 2 is 1.96 bits per heavy atom. The first-order valence-electron chi connectivity index (χ1n) is 7.81. The minimum Gasteiger partial charge on any atom is -0.484 e. The molecule has 0 aliphatic carbocycles. The minimum absolute atomic E-state index is 0.0315. The highest BCUT2D eigenvalue weighted by molar-refractivity contribution is 5.77. The van der Waals surface area contributed by atoms with Gasteiger partial charge in [0.25, 0.3) is 5.91 Å². The van der Waals surface area contributed by atoms with Crippen LogP contribution in [-0.4, -0.2) is 53.6 Å². The van der Waals surface area contributed by atoms with Crippen LogP contribution >= 0.6 is 0 Å². The molecule has 6 heteroatoms. The van der Waals surface area contributed by atoms with E-state index in [1.807, 2.05) is 48.2 Å². The summed E-state index contributed by atoms with van der Waals surface area (Å²) in [6.07, 6.45) is 0. The topological polar surface area (TPSA) is 58.8 Å². The Morgan fingerprint density at radius 3 is 2.61 bits per heavy atom. The second-order valence-electron chi connectivity index (χ2n) is 5.69.